The quantitative estimate of drug-likeness (QED) is 0.108. The van der Waals surface area contributed by atoms with Gasteiger partial charge in [0.1, 0.15) is 17.3 Å². The van der Waals surface area contributed by atoms with Crippen molar-refractivity contribution in [2.75, 3.05) is 32.6 Å². The standard InChI is InChI=1S/C38H42ClFN6O4/c1-22-29(5-4-6-31(22)46-32-17-26(40)15-25(38(32)50-3)19-42-21-28-10-12-35(48)45-28)30-13-14-43-37(36(30)39)23-7-8-24(33(16-23)49-2)18-41-20-27-9-11-34(47)44-27/h4-8,13-17,27-28,41-42,46H,9-12,18-21H2,1-3H3,(H,44,47)(H,45,48)/t27-,28-/m0/s1. The third kappa shape index (κ3) is 8.01. The van der Waals surface area contributed by atoms with Crippen molar-refractivity contribution < 1.29 is 23.5 Å². The van der Waals surface area contributed by atoms with Gasteiger partial charge < -0.3 is 36.1 Å². The van der Waals surface area contributed by atoms with Crippen LogP contribution < -0.4 is 36.1 Å². The Morgan fingerprint density at radius 1 is 0.860 bits per heavy atom. The number of benzene rings is 3. The maximum Gasteiger partial charge on any atom is 0.220 e. The minimum absolute atomic E-state index is 0.0559. The van der Waals surface area contributed by atoms with Gasteiger partial charge in [-0.3, -0.25) is 14.6 Å². The van der Waals surface area contributed by atoms with Gasteiger partial charge in [0.05, 0.1) is 30.6 Å². The third-order valence-corrected chi connectivity index (χ3v) is 9.64. The second-order valence-electron chi connectivity index (χ2n) is 12.7. The first kappa shape index (κ1) is 35.1. The Labute approximate surface area is 296 Å². The lowest BCUT2D eigenvalue weighted by molar-refractivity contribution is -0.120. The number of hydrogen-bond donors (Lipinski definition) is 5. The first-order chi connectivity index (χ1) is 24.2. The molecule has 50 heavy (non-hydrogen) atoms. The van der Waals surface area contributed by atoms with Crippen molar-refractivity contribution in [1.82, 2.24) is 26.3 Å². The van der Waals surface area contributed by atoms with Crippen LogP contribution in [0.3, 0.4) is 0 Å². The van der Waals surface area contributed by atoms with Crippen LogP contribution in [0.1, 0.15) is 42.4 Å². The zero-order valence-electron chi connectivity index (χ0n) is 28.4. The van der Waals surface area contributed by atoms with E-state index in [-0.39, 0.29) is 23.9 Å². The third-order valence-electron chi connectivity index (χ3n) is 9.26. The molecule has 0 saturated carbocycles. The number of halogens is 2. The summed E-state index contributed by atoms with van der Waals surface area (Å²) in [7, 11) is 3.20. The average Bonchev–Trinajstić information content (AvgIpc) is 3.72. The van der Waals surface area contributed by atoms with E-state index in [1.165, 1.54) is 12.1 Å². The fourth-order valence-corrected chi connectivity index (χ4v) is 6.96. The first-order valence-corrected chi connectivity index (χ1v) is 17.2. The molecule has 2 aliphatic rings. The summed E-state index contributed by atoms with van der Waals surface area (Å²) in [6.07, 6.45) is 4.45. The van der Waals surface area contributed by atoms with Crippen LogP contribution in [0.15, 0.2) is 60.8 Å². The van der Waals surface area contributed by atoms with Crippen molar-refractivity contribution >= 4 is 34.8 Å². The van der Waals surface area contributed by atoms with E-state index in [1.54, 1.807) is 20.4 Å². The van der Waals surface area contributed by atoms with Crippen LogP contribution in [0.25, 0.3) is 22.4 Å². The highest BCUT2D eigenvalue weighted by atomic mass is 35.5. The summed E-state index contributed by atoms with van der Waals surface area (Å²) < 4.78 is 26.4. The van der Waals surface area contributed by atoms with Gasteiger partial charge in [-0.05, 0) is 55.2 Å². The summed E-state index contributed by atoms with van der Waals surface area (Å²) in [5.74, 6) is 0.998. The Balaban J connectivity index is 1.21. The van der Waals surface area contributed by atoms with Crippen molar-refractivity contribution in [2.24, 2.45) is 0 Å². The number of carbonyl (C=O) groups is 2. The number of carbonyl (C=O) groups excluding carboxylic acids is 2. The number of methoxy groups -OCH3 is 2. The lowest BCUT2D eigenvalue weighted by Crippen LogP contribution is -2.35. The molecule has 1 aromatic heterocycles. The van der Waals surface area contributed by atoms with Crippen LogP contribution >= 0.6 is 11.6 Å². The molecule has 3 heterocycles. The monoisotopic (exact) mass is 700 g/mol. The number of pyridine rings is 1. The van der Waals surface area contributed by atoms with E-state index in [0.717, 1.165) is 46.3 Å². The van der Waals surface area contributed by atoms with Gasteiger partial charge in [-0.2, -0.15) is 0 Å². The van der Waals surface area contributed by atoms with Crippen molar-refractivity contribution in [3.63, 3.8) is 0 Å². The summed E-state index contributed by atoms with van der Waals surface area (Å²) in [6.45, 7) is 4.22. The number of nitrogens with one attached hydrogen (secondary N) is 5. The van der Waals surface area contributed by atoms with E-state index in [9.17, 15) is 14.0 Å². The molecular weight excluding hydrogens is 659 g/mol. The lowest BCUT2D eigenvalue weighted by atomic mass is 9.97. The fourth-order valence-electron chi connectivity index (χ4n) is 6.64. The minimum Gasteiger partial charge on any atom is -0.496 e. The van der Waals surface area contributed by atoms with Crippen LogP contribution in [-0.4, -0.2) is 56.2 Å². The van der Waals surface area contributed by atoms with Crippen LogP contribution in [0, 0.1) is 12.7 Å². The van der Waals surface area contributed by atoms with E-state index in [2.05, 4.69) is 31.6 Å². The van der Waals surface area contributed by atoms with Gasteiger partial charge in [-0.15, -0.1) is 0 Å². The topological polar surface area (TPSA) is 126 Å². The molecule has 2 saturated heterocycles. The molecule has 0 aliphatic carbocycles. The number of anilines is 2. The molecule has 10 nitrogen and oxygen atoms in total. The Kier molecular flexibility index (Phi) is 11.2. The number of nitrogens with zero attached hydrogens (tertiary/aromatic N) is 1. The molecule has 262 valence electrons. The molecule has 4 aromatic rings. The van der Waals surface area contributed by atoms with Gasteiger partial charge in [0.15, 0.2) is 0 Å². The highest BCUT2D eigenvalue weighted by molar-refractivity contribution is 6.35. The Morgan fingerprint density at radius 2 is 1.56 bits per heavy atom. The molecule has 12 heteroatoms. The van der Waals surface area contributed by atoms with E-state index < -0.39 is 5.82 Å². The second-order valence-corrected chi connectivity index (χ2v) is 13.0. The molecule has 2 atom stereocenters. The first-order valence-electron chi connectivity index (χ1n) is 16.8. The van der Waals surface area contributed by atoms with Crippen LogP contribution in [0.4, 0.5) is 15.8 Å². The maximum atomic E-state index is 14.9. The van der Waals surface area contributed by atoms with Crippen molar-refractivity contribution in [1.29, 1.82) is 0 Å². The molecule has 0 unspecified atom stereocenters. The molecule has 2 aliphatic heterocycles. The highest BCUT2D eigenvalue weighted by Gasteiger charge is 2.22. The van der Waals surface area contributed by atoms with Gasteiger partial charge in [0, 0.05) is 91.3 Å². The van der Waals surface area contributed by atoms with Crippen LogP contribution in [-0.2, 0) is 22.7 Å². The summed E-state index contributed by atoms with van der Waals surface area (Å²) in [5.41, 5.74) is 6.95. The van der Waals surface area contributed by atoms with Gasteiger partial charge >= 0.3 is 0 Å². The smallest absolute Gasteiger partial charge is 0.220 e. The van der Waals surface area contributed by atoms with Crippen molar-refractivity contribution in [3.05, 3.63) is 88.3 Å². The lowest BCUT2D eigenvalue weighted by Gasteiger charge is -2.19. The van der Waals surface area contributed by atoms with Gasteiger partial charge in [-0.1, -0.05) is 35.9 Å². The number of amides is 2. The summed E-state index contributed by atoms with van der Waals surface area (Å²) in [4.78, 5) is 27.7. The molecule has 0 spiro atoms. The van der Waals surface area contributed by atoms with E-state index >= 15 is 0 Å². The summed E-state index contributed by atoms with van der Waals surface area (Å²) in [5, 5.41) is 16.5. The number of aromatic nitrogens is 1. The number of hydrogen-bond acceptors (Lipinski definition) is 8. The highest BCUT2D eigenvalue weighted by Crippen LogP contribution is 2.40. The Morgan fingerprint density at radius 3 is 2.20 bits per heavy atom. The zero-order chi connectivity index (χ0) is 35.2. The normalized spacial score (nSPS) is 17.1. The minimum atomic E-state index is -0.394. The molecule has 2 amide bonds. The zero-order valence-corrected chi connectivity index (χ0v) is 29.2. The van der Waals surface area contributed by atoms with Crippen molar-refractivity contribution in [2.45, 2.75) is 57.8 Å². The summed E-state index contributed by atoms with van der Waals surface area (Å²) in [6, 6.07) is 16.7. The van der Waals surface area contributed by atoms with Gasteiger partial charge in [0.2, 0.25) is 11.8 Å². The SMILES string of the molecule is COc1cc(-c2nccc(-c3cccc(Nc4cc(F)cc(CNC[C@@H]5CCC(=O)N5)c4OC)c3C)c2Cl)ccc1CNC[C@@H]1CCC(=O)N1. The molecule has 0 bridgehead atoms. The maximum absolute atomic E-state index is 14.9. The number of ether oxygens (including phenoxy) is 2. The van der Waals surface area contributed by atoms with E-state index in [4.69, 9.17) is 21.1 Å². The predicted octanol–water partition coefficient (Wildman–Crippen LogP) is 6.01. The Bertz CT molecular complexity index is 1890. The number of rotatable bonds is 14. The van der Waals surface area contributed by atoms with Gasteiger partial charge in [-0.25, -0.2) is 4.39 Å². The molecule has 5 N–H and O–H groups in total. The van der Waals surface area contributed by atoms with E-state index in [0.29, 0.717) is 72.5 Å². The molecule has 0 radical (unpaired) electrons. The largest absolute Gasteiger partial charge is 0.496 e. The van der Waals surface area contributed by atoms with Crippen molar-refractivity contribution in [3.8, 4) is 33.9 Å². The van der Waals surface area contributed by atoms with Crippen LogP contribution in [0.2, 0.25) is 5.02 Å². The average molecular weight is 701 g/mol. The predicted molar refractivity (Wildman–Crippen MR) is 193 cm³/mol. The molecular formula is C38H42ClFN6O4. The van der Waals surface area contributed by atoms with E-state index in [1.807, 2.05) is 49.4 Å². The van der Waals surface area contributed by atoms with Crippen LogP contribution in [0.5, 0.6) is 11.5 Å². The molecule has 6 rings (SSSR count). The Hall–Kier alpha value is -4.71. The van der Waals surface area contributed by atoms with Gasteiger partial charge in [0.25, 0.3) is 0 Å². The fraction of sp³-hybridized carbons (Fsp3) is 0.342. The second kappa shape index (κ2) is 15.9. The molecule has 2 fully saturated rings. The molecule has 3 aromatic carbocycles. The summed E-state index contributed by atoms with van der Waals surface area (Å²) >= 11 is 7.09.